The molecule has 0 atom stereocenters. The highest BCUT2D eigenvalue weighted by Crippen LogP contribution is 2.47. The molecule has 1 aliphatic carbocycles. The highest BCUT2D eigenvalue weighted by Gasteiger charge is 2.37. The number of rotatable bonds is 1. The van der Waals surface area contributed by atoms with Gasteiger partial charge in [0.1, 0.15) is 6.07 Å². The van der Waals surface area contributed by atoms with Gasteiger partial charge in [-0.15, -0.1) is 0 Å². The maximum atomic E-state index is 9.33. The molecule has 2 fully saturated rings. The van der Waals surface area contributed by atoms with Gasteiger partial charge >= 0.3 is 0 Å². The van der Waals surface area contributed by atoms with E-state index in [1.807, 2.05) is 12.1 Å². The molecule has 2 aliphatic rings. The Bertz CT molecular complexity index is 502. The number of piperidine rings is 1. The first kappa shape index (κ1) is 13.0. The van der Waals surface area contributed by atoms with Crippen LogP contribution in [-0.4, -0.2) is 13.1 Å². The monoisotopic (exact) mass is 318 g/mol. The minimum absolute atomic E-state index is 0.634. The topological polar surface area (TPSA) is 27.0 Å². The van der Waals surface area contributed by atoms with Crippen molar-refractivity contribution in [2.75, 3.05) is 18.0 Å². The SMILES string of the molecule is N#Cc1c(Br)cccc1N1CCC2(CCCC2)CC1. The Morgan fingerprint density at radius 3 is 2.42 bits per heavy atom. The van der Waals surface area contributed by atoms with Gasteiger partial charge in [0.25, 0.3) is 0 Å². The molecule has 19 heavy (non-hydrogen) atoms. The summed E-state index contributed by atoms with van der Waals surface area (Å²) < 4.78 is 0.911. The van der Waals surface area contributed by atoms with Crippen molar-refractivity contribution in [3.05, 3.63) is 28.2 Å². The quantitative estimate of drug-likeness (QED) is 0.763. The van der Waals surface area contributed by atoms with E-state index in [1.165, 1.54) is 38.5 Å². The molecular formula is C16H19BrN2. The van der Waals surface area contributed by atoms with Crippen LogP contribution in [0.15, 0.2) is 22.7 Å². The summed E-state index contributed by atoms with van der Waals surface area (Å²) in [6.07, 6.45) is 8.27. The summed E-state index contributed by atoms with van der Waals surface area (Å²) in [4.78, 5) is 2.40. The lowest BCUT2D eigenvalue weighted by Gasteiger charge is -2.40. The van der Waals surface area contributed by atoms with Gasteiger partial charge in [-0.25, -0.2) is 0 Å². The Morgan fingerprint density at radius 2 is 1.79 bits per heavy atom. The summed E-state index contributed by atoms with van der Waals surface area (Å²) >= 11 is 3.48. The van der Waals surface area contributed by atoms with Crippen LogP contribution in [0.4, 0.5) is 5.69 Å². The lowest BCUT2D eigenvalue weighted by atomic mass is 9.77. The fourth-order valence-electron chi connectivity index (χ4n) is 3.73. The third kappa shape index (κ3) is 2.39. The number of nitriles is 1. The number of hydrogen-bond acceptors (Lipinski definition) is 2. The van der Waals surface area contributed by atoms with Gasteiger partial charge < -0.3 is 4.90 Å². The van der Waals surface area contributed by atoms with Gasteiger partial charge in [-0.2, -0.15) is 5.26 Å². The molecule has 1 saturated heterocycles. The van der Waals surface area contributed by atoms with Crippen LogP contribution in [0.1, 0.15) is 44.1 Å². The Balaban J connectivity index is 1.79. The number of nitrogens with zero attached hydrogens (tertiary/aromatic N) is 2. The normalized spacial score (nSPS) is 21.6. The Morgan fingerprint density at radius 1 is 1.11 bits per heavy atom. The van der Waals surface area contributed by atoms with Gasteiger partial charge in [-0.1, -0.05) is 18.9 Å². The Labute approximate surface area is 123 Å². The molecular weight excluding hydrogens is 300 g/mol. The number of anilines is 1. The molecule has 1 aromatic rings. The van der Waals surface area contributed by atoms with E-state index in [-0.39, 0.29) is 0 Å². The molecule has 3 rings (SSSR count). The first-order valence-corrected chi connectivity index (χ1v) is 7.97. The summed E-state index contributed by atoms with van der Waals surface area (Å²) in [6, 6.07) is 8.39. The standard InChI is InChI=1S/C16H19BrN2/c17-14-4-3-5-15(13(14)12-18)19-10-8-16(9-11-19)6-1-2-7-16/h3-5H,1-2,6-11H2. The lowest BCUT2D eigenvalue weighted by Crippen LogP contribution is -2.39. The van der Waals surface area contributed by atoms with Gasteiger partial charge in [0.05, 0.1) is 11.3 Å². The van der Waals surface area contributed by atoms with E-state index < -0.39 is 0 Å². The van der Waals surface area contributed by atoms with E-state index >= 15 is 0 Å². The molecule has 0 bridgehead atoms. The molecule has 0 radical (unpaired) electrons. The van der Waals surface area contributed by atoms with Crippen LogP contribution in [-0.2, 0) is 0 Å². The van der Waals surface area contributed by atoms with Crippen LogP contribution < -0.4 is 4.90 Å². The van der Waals surface area contributed by atoms with Crippen molar-refractivity contribution in [2.45, 2.75) is 38.5 Å². The summed E-state index contributed by atoms with van der Waals surface area (Å²) in [5, 5.41) is 9.33. The average molecular weight is 319 g/mol. The predicted octanol–water partition coefficient (Wildman–Crippen LogP) is 4.48. The summed E-state index contributed by atoms with van der Waals surface area (Å²) in [6.45, 7) is 2.20. The minimum Gasteiger partial charge on any atom is -0.370 e. The van der Waals surface area contributed by atoms with E-state index in [9.17, 15) is 5.26 Å². The van der Waals surface area contributed by atoms with Crippen molar-refractivity contribution in [3.63, 3.8) is 0 Å². The largest absolute Gasteiger partial charge is 0.370 e. The molecule has 1 spiro atoms. The minimum atomic E-state index is 0.634. The van der Waals surface area contributed by atoms with Crippen molar-refractivity contribution < 1.29 is 0 Å². The van der Waals surface area contributed by atoms with Crippen molar-refractivity contribution in [3.8, 4) is 6.07 Å². The maximum Gasteiger partial charge on any atom is 0.103 e. The molecule has 0 amide bonds. The van der Waals surface area contributed by atoms with Crippen LogP contribution >= 0.6 is 15.9 Å². The molecule has 1 aromatic carbocycles. The van der Waals surface area contributed by atoms with Crippen LogP contribution in [0.25, 0.3) is 0 Å². The first-order chi connectivity index (χ1) is 9.24. The number of benzene rings is 1. The smallest absolute Gasteiger partial charge is 0.103 e. The van der Waals surface area contributed by atoms with Crippen LogP contribution in [0.2, 0.25) is 0 Å². The highest BCUT2D eigenvalue weighted by atomic mass is 79.9. The van der Waals surface area contributed by atoms with E-state index in [0.29, 0.717) is 5.41 Å². The molecule has 3 heteroatoms. The second-order valence-electron chi connectivity index (χ2n) is 5.94. The number of hydrogen-bond donors (Lipinski definition) is 0. The zero-order valence-electron chi connectivity index (χ0n) is 11.2. The fourth-order valence-corrected chi connectivity index (χ4v) is 4.18. The summed E-state index contributed by atoms with van der Waals surface area (Å²) in [7, 11) is 0. The van der Waals surface area contributed by atoms with Crippen molar-refractivity contribution in [2.24, 2.45) is 5.41 Å². The maximum absolute atomic E-state index is 9.33. The third-order valence-corrected chi connectivity index (χ3v) is 5.59. The zero-order valence-corrected chi connectivity index (χ0v) is 12.7. The molecule has 2 nitrogen and oxygen atoms in total. The number of halogens is 1. The highest BCUT2D eigenvalue weighted by molar-refractivity contribution is 9.10. The second-order valence-corrected chi connectivity index (χ2v) is 6.79. The Kier molecular flexibility index (Phi) is 3.54. The van der Waals surface area contributed by atoms with Gasteiger partial charge in [0.2, 0.25) is 0 Å². The van der Waals surface area contributed by atoms with E-state index in [2.05, 4.69) is 33.0 Å². The molecule has 100 valence electrons. The van der Waals surface area contributed by atoms with Gasteiger partial charge in [0.15, 0.2) is 0 Å². The third-order valence-electron chi connectivity index (χ3n) is 4.93. The first-order valence-electron chi connectivity index (χ1n) is 7.18. The molecule has 1 heterocycles. The fraction of sp³-hybridized carbons (Fsp3) is 0.562. The second kappa shape index (κ2) is 5.17. The van der Waals surface area contributed by atoms with E-state index in [0.717, 1.165) is 28.8 Å². The van der Waals surface area contributed by atoms with Crippen LogP contribution in [0.5, 0.6) is 0 Å². The molecule has 0 aromatic heterocycles. The van der Waals surface area contributed by atoms with Gasteiger partial charge in [-0.3, -0.25) is 0 Å². The molecule has 0 N–H and O–H groups in total. The van der Waals surface area contributed by atoms with Crippen LogP contribution in [0.3, 0.4) is 0 Å². The lowest BCUT2D eigenvalue weighted by molar-refractivity contribution is 0.226. The van der Waals surface area contributed by atoms with E-state index in [4.69, 9.17) is 0 Å². The molecule has 1 aliphatic heterocycles. The average Bonchev–Trinajstić information content (AvgIpc) is 2.88. The van der Waals surface area contributed by atoms with Crippen molar-refractivity contribution >= 4 is 21.6 Å². The summed E-state index contributed by atoms with van der Waals surface area (Å²) in [5.41, 5.74) is 2.52. The van der Waals surface area contributed by atoms with Gasteiger partial charge in [-0.05, 0) is 59.2 Å². The molecule has 1 saturated carbocycles. The Hall–Kier alpha value is -1.01. The van der Waals surface area contributed by atoms with Crippen molar-refractivity contribution in [1.29, 1.82) is 5.26 Å². The zero-order chi connectivity index (χ0) is 13.3. The van der Waals surface area contributed by atoms with Gasteiger partial charge in [0, 0.05) is 17.6 Å². The van der Waals surface area contributed by atoms with E-state index in [1.54, 1.807) is 0 Å². The predicted molar refractivity (Wildman–Crippen MR) is 81.2 cm³/mol. The summed E-state index contributed by atoms with van der Waals surface area (Å²) in [5.74, 6) is 0. The molecule has 0 unspecified atom stereocenters. The van der Waals surface area contributed by atoms with Crippen LogP contribution in [0, 0.1) is 16.7 Å². The van der Waals surface area contributed by atoms with Crippen molar-refractivity contribution in [1.82, 2.24) is 0 Å².